The molecule has 2 heterocycles. The largest absolute Gasteiger partial charge is 0.376 e. The first-order chi connectivity index (χ1) is 11.7. The number of aromatic nitrogens is 2. The number of piperidine rings is 1. The van der Waals surface area contributed by atoms with Crippen LogP contribution in [0.25, 0.3) is 0 Å². The molecule has 1 aromatic heterocycles. The first-order valence-corrected chi connectivity index (χ1v) is 9.36. The van der Waals surface area contributed by atoms with Crippen molar-refractivity contribution in [3.63, 3.8) is 0 Å². The molecule has 134 valence electrons. The van der Waals surface area contributed by atoms with E-state index in [1.807, 2.05) is 23.6 Å². The van der Waals surface area contributed by atoms with Gasteiger partial charge >= 0.3 is 6.03 Å². The van der Waals surface area contributed by atoms with Crippen molar-refractivity contribution < 1.29 is 9.53 Å². The van der Waals surface area contributed by atoms with Crippen LogP contribution in [0.5, 0.6) is 0 Å². The summed E-state index contributed by atoms with van der Waals surface area (Å²) in [5, 5.41) is 3.00. The van der Waals surface area contributed by atoms with Gasteiger partial charge in [-0.2, -0.15) is 0 Å². The number of rotatable bonds is 5. The summed E-state index contributed by atoms with van der Waals surface area (Å²) < 4.78 is 8.10. The Bertz CT molecular complexity index is 497. The predicted molar refractivity (Wildman–Crippen MR) is 92.8 cm³/mol. The summed E-state index contributed by atoms with van der Waals surface area (Å²) >= 11 is 0. The molecule has 0 unspecified atom stereocenters. The molecule has 6 nitrogen and oxygen atoms in total. The molecule has 1 saturated carbocycles. The number of carbonyl (C=O) groups is 1. The predicted octanol–water partition coefficient (Wildman–Crippen LogP) is 2.82. The van der Waals surface area contributed by atoms with Crippen LogP contribution in [0.2, 0.25) is 0 Å². The lowest BCUT2D eigenvalue weighted by Gasteiger charge is -2.32. The highest BCUT2D eigenvalue weighted by atomic mass is 16.5. The second-order valence-electron chi connectivity index (χ2n) is 7.13. The number of hydrogen-bond acceptors (Lipinski definition) is 3. The second-order valence-corrected chi connectivity index (χ2v) is 7.13. The van der Waals surface area contributed by atoms with Gasteiger partial charge in [-0.05, 0) is 31.6 Å². The first-order valence-electron chi connectivity index (χ1n) is 9.36. The molecule has 2 aliphatic rings. The molecular formula is C18H30N4O2. The van der Waals surface area contributed by atoms with Crippen molar-refractivity contribution >= 4 is 6.03 Å². The number of nitrogens with zero attached hydrogens (tertiary/aromatic N) is 3. The molecule has 0 radical (unpaired) electrons. The fourth-order valence-electron chi connectivity index (χ4n) is 3.86. The van der Waals surface area contributed by atoms with Gasteiger partial charge in [-0.15, -0.1) is 0 Å². The van der Waals surface area contributed by atoms with Crippen molar-refractivity contribution in [2.45, 2.75) is 57.6 Å². The maximum absolute atomic E-state index is 12.2. The van der Waals surface area contributed by atoms with Crippen molar-refractivity contribution in [2.24, 2.45) is 5.92 Å². The molecule has 0 spiro atoms. The first kappa shape index (κ1) is 17.3. The van der Waals surface area contributed by atoms with Crippen molar-refractivity contribution in [1.82, 2.24) is 19.8 Å². The van der Waals surface area contributed by atoms with Crippen molar-refractivity contribution in [1.29, 1.82) is 0 Å². The summed E-state index contributed by atoms with van der Waals surface area (Å²) in [6, 6.07) is 0.507. The van der Waals surface area contributed by atoms with E-state index in [-0.39, 0.29) is 6.03 Å². The Labute approximate surface area is 144 Å². The summed E-state index contributed by atoms with van der Waals surface area (Å²) in [4.78, 5) is 18.3. The van der Waals surface area contributed by atoms with Gasteiger partial charge in [-0.1, -0.05) is 19.8 Å². The van der Waals surface area contributed by atoms with Gasteiger partial charge in [0, 0.05) is 38.1 Å². The lowest BCUT2D eigenvalue weighted by Crippen LogP contribution is -2.45. The van der Waals surface area contributed by atoms with Crippen molar-refractivity contribution in [3.8, 4) is 0 Å². The number of imidazole rings is 1. The number of likely N-dealkylation sites (tertiary alicyclic amines) is 1. The maximum atomic E-state index is 12.2. The van der Waals surface area contributed by atoms with E-state index in [1.54, 1.807) is 0 Å². The van der Waals surface area contributed by atoms with Crippen LogP contribution in [0.4, 0.5) is 4.79 Å². The lowest BCUT2D eigenvalue weighted by atomic mass is 9.88. The molecule has 2 fully saturated rings. The number of ether oxygens (including phenoxy) is 1. The van der Waals surface area contributed by atoms with Gasteiger partial charge in [0.25, 0.3) is 0 Å². The van der Waals surface area contributed by atoms with Gasteiger partial charge in [0.05, 0.1) is 19.0 Å². The summed E-state index contributed by atoms with van der Waals surface area (Å²) in [5.74, 6) is 0.650. The molecule has 1 aliphatic carbocycles. The second kappa shape index (κ2) is 8.51. The highest BCUT2D eigenvalue weighted by molar-refractivity contribution is 5.74. The van der Waals surface area contributed by atoms with Crippen molar-refractivity contribution in [2.75, 3.05) is 26.2 Å². The standard InChI is InChI=1S/C18H30N4O2/c1-15-4-2-3-5-17(15)24-13-9-20-18(23)21-10-6-16(7-11-21)22-12-8-19-14-22/h8,12,14-17H,2-7,9-11,13H2,1H3,(H,20,23)/t15-,17+/m1/s1. The third-order valence-corrected chi connectivity index (χ3v) is 5.44. The zero-order chi connectivity index (χ0) is 16.8. The molecule has 3 rings (SSSR count). The Morgan fingerprint density at radius 3 is 2.75 bits per heavy atom. The Hall–Kier alpha value is -1.56. The van der Waals surface area contributed by atoms with Crippen LogP contribution in [0.1, 0.15) is 51.5 Å². The Morgan fingerprint density at radius 2 is 2.04 bits per heavy atom. The maximum Gasteiger partial charge on any atom is 0.317 e. The van der Waals surface area contributed by atoms with Crippen LogP contribution in [-0.2, 0) is 4.74 Å². The number of urea groups is 1. The quantitative estimate of drug-likeness (QED) is 0.842. The van der Waals surface area contributed by atoms with Gasteiger partial charge < -0.3 is 19.5 Å². The van der Waals surface area contributed by atoms with Gasteiger partial charge in [0.2, 0.25) is 0 Å². The normalized spacial score (nSPS) is 25.6. The van der Waals surface area contributed by atoms with E-state index in [0.717, 1.165) is 32.4 Å². The zero-order valence-corrected chi connectivity index (χ0v) is 14.7. The Kier molecular flexibility index (Phi) is 6.12. The van der Waals surface area contributed by atoms with Crippen LogP contribution >= 0.6 is 0 Å². The molecular weight excluding hydrogens is 304 g/mol. The summed E-state index contributed by atoms with van der Waals surface area (Å²) in [6.07, 6.45) is 13.1. The smallest absolute Gasteiger partial charge is 0.317 e. The fourth-order valence-corrected chi connectivity index (χ4v) is 3.86. The molecule has 1 saturated heterocycles. The molecule has 2 amide bonds. The third-order valence-electron chi connectivity index (χ3n) is 5.44. The van der Waals surface area contributed by atoms with Crippen LogP contribution in [0.15, 0.2) is 18.7 Å². The third kappa shape index (κ3) is 4.50. The average Bonchev–Trinajstić information content (AvgIpc) is 3.15. The average molecular weight is 334 g/mol. The minimum atomic E-state index is 0.0411. The Morgan fingerprint density at radius 1 is 1.25 bits per heavy atom. The molecule has 1 aromatic rings. The van der Waals surface area contributed by atoms with E-state index in [0.29, 0.717) is 31.2 Å². The topological polar surface area (TPSA) is 59.4 Å². The molecule has 6 heteroatoms. The molecule has 1 aliphatic heterocycles. The number of amides is 2. The molecule has 2 atom stereocenters. The van der Waals surface area contributed by atoms with Crippen LogP contribution < -0.4 is 5.32 Å². The highest BCUT2D eigenvalue weighted by Crippen LogP contribution is 2.26. The van der Waals surface area contributed by atoms with Crippen molar-refractivity contribution in [3.05, 3.63) is 18.7 Å². The van der Waals surface area contributed by atoms with E-state index in [1.165, 1.54) is 19.3 Å². The van der Waals surface area contributed by atoms with E-state index in [2.05, 4.69) is 21.8 Å². The summed E-state index contributed by atoms with van der Waals surface area (Å²) in [6.45, 7) is 5.09. The molecule has 1 N–H and O–H groups in total. The van der Waals surface area contributed by atoms with E-state index in [9.17, 15) is 4.79 Å². The SMILES string of the molecule is C[C@@H]1CCCC[C@@H]1OCCNC(=O)N1CCC(n2ccnc2)CC1. The van der Waals surface area contributed by atoms with Gasteiger partial charge in [-0.3, -0.25) is 0 Å². The Balaban J connectivity index is 1.31. The minimum absolute atomic E-state index is 0.0411. The van der Waals surface area contributed by atoms with E-state index >= 15 is 0 Å². The van der Waals surface area contributed by atoms with Gasteiger partial charge in [0.15, 0.2) is 0 Å². The number of carbonyl (C=O) groups excluding carboxylic acids is 1. The number of hydrogen-bond donors (Lipinski definition) is 1. The zero-order valence-electron chi connectivity index (χ0n) is 14.7. The summed E-state index contributed by atoms with van der Waals surface area (Å²) in [5.41, 5.74) is 0. The molecule has 0 bridgehead atoms. The minimum Gasteiger partial charge on any atom is -0.376 e. The van der Waals surface area contributed by atoms with E-state index in [4.69, 9.17) is 4.74 Å². The lowest BCUT2D eigenvalue weighted by molar-refractivity contribution is -0.00278. The number of nitrogens with one attached hydrogen (secondary N) is 1. The van der Waals surface area contributed by atoms with Gasteiger partial charge in [-0.25, -0.2) is 9.78 Å². The highest BCUT2D eigenvalue weighted by Gasteiger charge is 2.24. The molecule has 24 heavy (non-hydrogen) atoms. The molecule has 0 aromatic carbocycles. The van der Waals surface area contributed by atoms with Crippen LogP contribution in [0, 0.1) is 5.92 Å². The van der Waals surface area contributed by atoms with Gasteiger partial charge in [0.1, 0.15) is 0 Å². The van der Waals surface area contributed by atoms with Crippen LogP contribution in [0.3, 0.4) is 0 Å². The van der Waals surface area contributed by atoms with Crippen LogP contribution in [-0.4, -0.2) is 52.8 Å². The monoisotopic (exact) mass is 334 g/mol. The van der Waals surface area contributed by atoms with E-state index < -0.39 is 0 Å². The fraction of sp³-hybridized carbons (Fsp3) is 0.778. The summed E-state index contributed by atoms with van der Waals surface area (Å²) in [7, 11) is 0.